The normalized spacial score (nSPS) is 11.5. The molecular formula is C48H31N3. The summed E-state index contributed by atoms with van der Waals surface area (Å²) in [5, 5.41) is 5.95. The second kappa shape index (κ2) is 11.9. The lowest BCUT2D eigenvalue weighted by molar-refractivity contribution is 1.19. The van der Waals surface area contributed by atoms with E-state index in [0.717, 1.165) is 66.9 Å². The molecule has 0 spiro atoms. The Kier molecular flexibility index (Phi) is 6.81. The Balaban J connectivity index is 1.21. The molecule has 10 rings (SSSR count). The molecule has 0 unspecified atom stereocenters. The van der Waals surface area contributed by atoms with Gasteiger partial charge in [-0.3, -0.25) is 0 Å². The lowest BCUT2D eigenvalue weighted by Crippen LogP contribution is -1.97. The number of pyridine rings is 2. The number of nitrogens with zero attached hydrogens (tertiary/aromatic N) is 3. The zero-order valence-corrected chi connectivity index (χ0v) is 27.7. The molecule has 7 aromatic carbocycles. The number of rotatable bonds is 5. The average Bonchev–Trinajstić information content (AvgIpc) is 3.56. The predicted molar refractivity (Wildman–Crippen MR) is 213 cm³/mol. The van der Waals surface area contributed by atoms with Crippen molar-refractivity contribution >= 4 is 43.5 Å². The summed E-state index contributed by atoms with van der Waals surface area (Å²) < 4.78 is 2.43. The third-order valence-electron chi connectivity index (χ3n) is 9.97. The van der Waals surface area contributed by atoms with Crippen LogP contribution in [0.15, 0.2) is 188 Å². The zero-order valence-electron chi connectivity index (χ0n) is 27.7. The molecule has 10 aromatic rings. The molecular weight excluding hydrogens is 619 g/mol. The Labute approximate surface area is 295 Å². The zero-order chi connectivity index (χ0) is 33.7. The molecule has 238 valence electrons. The second-order valence-electron chi connectivity index (χ2n) is 13.0. The molecule has 3 aromatic heterocycles. The van der Waals surface area contributed by atoms with E-state index in [1.165, 1.54) is 27.2 Å². The first-order valence-corrected chi connectivity index (χ1v) is 17.3. The van der Waals surface area contributed by atoms with Crippen LogP contribution in [0.4, 0.5) is 0 Å². The molecule has 51 heavy (non-hydrogen) atoms. The number of aromatic nitrogens is 3. The second-order valence-corrected chi connectivity index (χ2v) is 13.0. The first kappa shape index (κ1) is 29.1. The molecule has 0 bridgehead atoms. The quantitative estimate of drug-likeness (QED) is 0.174. The molecule has 0 aliphatic rings. The minimum atomic E-state index is 0.957. The lowest BCUT2D eigenvalue weighted by atomic mass is 9.97. The van der Waals surface area contributed by atoms with Crippen molar-refractivity contribution in [1.82, 2.24) is 14.5 Å². The van der Waals surface area contributed by atoms with E-state index in [1.54, 1.807) is 0 Å². The Morgan fingerprint density at radius 2 is 0.902 bits per heavy atom. The lowest BCUT2D eigenvalue weighted by Gasteiger charge is -2.15. The first-order valence-electron chi connectivity index (χ1n) is 17.3. The number of fused-ring (bicyclic) bond motifs is 7. The molecule has 0 aliphatic carbocycles. The molecule has 3 nitrogen and oxygen atoms in total. The third-order valence-corrected chi connectivity index (χ3v) is 9.97. The minimum Gasteiger partial charge on any atom is -0.309 e. The van der Waals surface area contributed by atoms with Gasteiger partial charge in [0.1, 0.15) is 0 Å². The fraction of sp³-hybridized carbons (Fsp3) is 0. The van der Waals surface area contributed by atoms with Crippen LogP contribution in [-0.2, 0) is 0 Å². The van der Waals surface area contributed by atoms with Crippen molar-refractivity contribution in [1.29, 1.82) is 0 Å². The average molecular weight is 650 g/mol. The van der Waals surface area contributed by atoms with Crippen molar-refractivity contribution in [3.63, 3.8) is 0 Å². The standard InChI is InChI=1S/C48H31N3/c1-4-14-33(15-5-1)43-30-36(31-44(49-43)34-16-6-2-7-17-34)32-24-26-37(27-25-32)51-45-23-13-11-21-39(45)41-29-28-40-38-20-10-12-22-42(38)50-47(46(40)48(41)51)35-18-8-3-9-19-35/h1-31H. The fourth-order valence-corrected chi connectivity index (χ4v) is 7.58. The van der Waals surface area contributed by atoms with Crippen molar-refractivity contribution in [2.75, 3.05) is 0 Å². The smallest absolute Gasteiger partial charge is 0.0809 e. The van der Waals surface area contributed by atoms with Crippen LogP contribution in [0.1, 0.15) is 0 Å². The van der Waals surface area contributed by atoms with Gasteiger partial charge >= 0.3 is 0 Å². The Bertz CT molecular complexity index is 2820. The summed E-state index contributed by atoms with van der Waals surface area (Å²) in [5.41, 5.74) is 12.9. The van der Waals surface area contributed by atoms with E-state index >= 15 is 0 Å². The fourth-order valence-electron chi connectivity index (χ4n) is 7.58. The summed E-state index contributed by atoms with van der Waals surface area (Å²) in [6.45, 7) is 0. The van der Waals surface area contributed by atoms with E-state index < -0.39 is 0 Å². The van der Waals surface area contributed by atoms with E-state index in [4.69, 9.17) is 9.97 Å². The molecule has 0 fully saturated rings. The van der Waals surface area contributed by atoms with E-state index in [9.17, 15) is 0 Å². The van der Waals surface area contributed by atoms with Gasteiger partial charge in [0.15, 0.2) is 0 Å². The predicted octanol–water partition coefficient (Wildman–Crippen LogP) is 12.5. The molecule has 0 aliphatic heterocycles. The maximum Gasteiger partial charge on any atom is 0.0809 e. The first-order chi connectivity index (χ1) is 25.3. The van der Waals surface area contributed by atoms with Crippen LogP contribution >= 0.6 is 0 Å². The largest absolute Gasteiger partial charge is 0.309 e. The van der Waals surface area contributed by atoms with Crippen molar-refractivity contribution in [3.8, 4) is 50.6 Å². The van der Waals surface area contributed by atoms with Gasteiger partial charge in [-0.05, 0) is 52.9 Å². The van der Waals surface area contributed by atoms with Gasteiger partial charge in [0, 0.05) is 43.9 Å². The molecule has 3 heterocycles. The Hall–Kier alpha value is -6.84. The van der Waals surface area contributed by atoms with Crippen LogP contribution in [0.5, 0.6) is 0 Å². The van der Waals surface area contributed by atoms with Gasteiger partial charge in [-0.15, -0.1) is 0 Å². The van der Waals surface area contributed by atoms with Crippen LogP contribution < -0.4 is 0 Å². The van der Waals surface area contributed by atoms with Crippen LogP contribution in [0.25, 0.3) is 94.1 Å². The summed E-state index contributed by atoms with van der Waals surface area (Å²) in [7, 11) is 0. The third kappa shape index (κ3) is 4.90. The van der Waals surface area contributed by atoms with E-state index in [-0.39, 0.29) is 0 Å². The summed E-state index contributed by atoms with van der Waals surface area (Å²) in [6.07, 6.45) is 0. The Morgan fingerprint density at radius 1 is 0.353 bits per heavy atom. The molecule has 0 amide bonds. The van der Waals surface area contributed by atoms with Crippen molar-refractivity contribution in [3.05, 3.63) is 188 Å². The number of hydrogen-bond acceptors (Lipinski definition) is 2. The van der Waals surface area contributed by atoms with Gasteiger partial charge in [-0.2, -0.15) is 0 Å². The molecule has 3 heteroatoms. The molecule has 0 N–H and O–H groups in total. The maximum atomic E-state index is 5.33. The highest BCUT2D eigenvalue weighted by Gasteiger charge is 2.20. The van der Waals surface area contributed by atoms with Gasteiger partial charge in [0.25, 0.3) is 0 Å². The summed E-state index contributed by atoms with van der Waals surface area (Å²) in [5.74, 6) is 0. The summed E-state index contributed by atoms with van der Waals surface area (Å²) in [6, 6.07) is 66.6. The highest BCUT2D eigenvalue weighted by atomic mass is 15.0. The maximum absolute atomic E-state index is 5.33. The van der Waals surface area contributed by atoms with Gasteiger partial charge in [-0.1, -0.05) is 152 Å². The minimum absolute atomic E-state index is 0.957. The van der Waals surface area contributed by atoms with Gasteiger partial charge < -0.3 is 4.57 Å². The van der Waals surface area contributed by atoms with Crippen LogP contribution in [0.2, 0.25) is 0 Å². The van der Waals surface area contributed by atoms with E-state index in [1.807, 2.05) is 12.1 Å². The van der Waals surface area contributed by atoms with Crippen LogP contribution in [-0.4, -0.2) is 14.5 Å². The molecule has 0 radical (unpaired) electrons. The molecule has 0 saturated carbocycles. The van der Waals surface area contributed by atoms with Gasteiger partial charge in [0.2, 0.25) is 0 Å². The van der Waals surface area contributed by atoms with Crippen LogP contribution in [0.3, 0.4) is 0 Å². The number of hydrogen-bond donors (Lipinski definition) is 0. The van der Waals surface area contributed by atoms with Crippen LogP contribution in [0, 0.1) is 0 Å². The summed E-state index contributed by atoms with van der Waals surface area (Å²) in [4.78, 5) is 10.4. The number of benzene rings is 7. The van der Waals surface area contributed by atoms with Crippen molar-refractivity contribution < 1.29 is 0 Å². The number of para-hydroxylation sites is 2. The highest BCUT2D eigenvalue weighted by molar-refractivity contribution is 6.25. The van der Waals surface area contributed by atoms with Crippen molar-refractivity contribution in [2.45, 2.75) is 0 Å². The Morgan fingerprint density at radius 3 is 1.57 bits per heavy atom. The monoisotopic (exact) mass is 649 g/mol. The van der Waals surface area contributed by atoms with E-state index in [0.29, 0.717) is 0 Å². The van der Waals surface area contributed by atoms with Gasteiger partial charge in [0.05, 0.1) is 33.6 Å². The molecule has 0 atom stereocenters. The highest BCUT2D eigenvalue weighted by Crippen LogP contribution is 2.42. The summed E-state index contributed by atoms with van der Waals surface area (Å²) >= 11 is 0. The van der Waals surface area contributed by atoms with Crippen molar-refractivity contribution in [2.24, 2.45) is 0 Å². The topological polar surface area (TPSA) is 30.7 Å². The molecule has 0 saturated heterocycles. The van der Waals surface area contributed by atoms with E-state index in [2.05, 4.69) is 180 Å². The van der Waals surface area contributed by atoms with Gasteiger partial charge in [-0.25, -0.2) is 9.97 Å². The SMILES string of the molecule is c1ccc(-c2cc(-c3ccc(-n4c5ccccc5c5ccc6c7ccccc7nc(-c7ccccc7)c6c54)cc3)cc(-c3ccccc3)n2)cc1.